The summed E-state index contributed by atoms with van der Waals surface area (Å²) in [5.41, 5.74) is -0.247. The van der Waals surface area contributed by atoms with Gasteiger partial charge in [0.05, 0.1) is 5.54 Å². The van der Waals surface area contributed by atoms with E-state index in [1.54, 1.807) is 12.1 Å². The molecule has 1 aliphatic carbocycles. The van der Waals surface area contributed by atoms with Gasteiger partial charge in [-0.05, 0) is 18.9 Å². The van der Waals surface area contributed by atoms with Crippen molar-refractivity contribution in [1.82, 2.24) is 10.3 Å². The molecule has 0 radical (unpaired) electrons. The number of nitrogens with one attached hydrogen (secondary N) is 2. The Morgan fingerprint density at radius 2 is 2.27 bits per heavy atom. The summed E-state index contributed by atoms with van der Waals surface area (Å²) in [4.78, 5) is 25.1. The highest BCUT2D eigenvalue weighted by atomic mass is 35.5. The summed E-state index contributed by atoms with van der Waals surface area (Å²) in [6.07, 6.45) is 1.80. The maximum absolute atomic E-state index is 11.7. The zero-order valence-electron chi connectivity index (χ0n) is 8.05. The van der Waals surface area contributed by atoms with Crippen LogP contribution in [0.1, 0.15) is 23.3 Å². The molecule has 0 aliphatic heterocycles. The molecule has 0 aromatic carbocycles. The summed E-state index contributed by atoms with van der Waals surface area (Å²) < 4.78 is 0. The highest BCUT2D eigenvalue weighted by Crippen LogP contribution is 2.36. The molecule has 4 nitrogen and oxygen atoms in total. The number of halogens is 1. The molecule has 15 heavy (non-hydrogen) atoms. The first-order valence-electron chi connectivity index (χ1n) is 4.73. The smallest absolute Gasteiger partial charge is 0.268 e. The molecule has 1 saturated carbocycles. The second kappa shape index (κ2) is 3.70. The van der Waals surface area contributed by atoms with E-state index < -0.39 is 0 Å². The normalized spacial score (nSPS) is 17.1. The molecule has 0 saturated heterocycles. The number of amides is 1. The third-order valence-electron chi connectivity index (χ3n) is 2.50. The van der Waals surface area contributed by atoms with Gasteiger partial charge in [-0.25, -0.2) is 0 Å². The van der Waals surface area contributed by atoms with E-state index in [1.165, 1.54) is 6.07 Å². The van der Waals surface area contributed by atoms with Crippen molar-refractivity contribution in [2.45, 2.75) is 18.4 Å². The number of aromatic amines is 1. The topological polar surface area (TPSA) is 62.0 Å². The zero-order chi connectivity index (χ0) is 10.9. The minimum absolute atomic E-state index is 0.245. The summed E-state index contributed by atoms with van der Waals surface area (Å²) in [7, 11) is 0. The van der Waals surface area contributed by atoms with Gasteiger partial charge in [0.15, 0.2) is 0 Å². The molecule has 5 heteroatoms. The molecule has 80 valence electrons. The number of pyridine rings is 1. The number of carbonyl (C=O) groups excluding carboxylic acids is 1. The number of hydrogen-bond acceptors (Lipinski definition) is 2. The van der Waals surface area contributed by atoms with Crippen LogP contribution in [0.3, 0.4) is 0 Å². The molecule has 1 aromatic rings. The number of rotatable bonds is 3. The predicted molar refractivity (Wildman–Crippen MR) is 57.2 cm³/mol. The van der Waals surface area contributed by atoms with Crippen molar-refractivity contribution in [3.63, 3.8) is 0 Å². The van der Waals surface area contributed by atoms with Crippen molar-refractivity contribution < 1.29 is 4.79 Å². The highest BCUT2D eigenvalue weighted by Gasteiger charge is 2.43. The first-order chi connectivity index (χ1) is 7.15. The van der Waals surface area contributed by atoms with E-state index in [-0.39, 0.29) is 22.7 Å². The van der Waals surface area contributed by atoms with Gasteiger partial charge in [0.2, 0.25) is 5.56 Å². The van der Waals surface area contributed by atoms with Gasteiger partial charge in [-0.3, -0.25) is 9.59 Å². The average Bonchev–Trinajstić information content (AvgIpc) is 2.98. The Balaban J connectivity index is 2.12. The summed E-state index contributed by atoms with van der Waals surface area (Å²) in [6.45, 7) is 0. The molecule has 1 heterocycles. The van der Waals surface area contributed by atoms with Gasteiger partial charge in [0.25, 0.3) is 5.91 Å². The molecule has 0 bridgehead atoms. The minimum Gasteiger partial charge on any atom is -0.344 e. The Morgan fingerprint density at radius 1 is 1.53 bits per heavy atom. The van der Waals surface area contributed by atoms with Crippen LogP contribution in [-0.4, -0.2) is 22.3 Å². The van der Waals surface area contributed by atoms with Crippen LogP contribution in [0.15, 0.2) is 23.0 Å². The van der Waals surface area contributed by atoms with Crippen molar-refractivity contribution in [3.8, 4) is 0 Å². The van der Waals surface area contributed by atoms with Crippen LogP contribution in [-0.2, 0) is 0 Å². The second-order valence-electron chi connectivity index (χ2n) is 3.80. The number of hydrogen-bond donors (Lipinski definition) is 2. The molecule has 1 aromatic heterocycles. The molecular weight excluding hydrogens is 216 g/mol. The third-order valence-corrected chi connectivity index (χ3v) is 3.01. The van der Waals surface area contributed by atoms with Crippen molar-refractivity contribution >= 4 is 17.5 Å². The Hall–Kier alpha value is -1.29. The minimum atomic E-state index is -0.279. The van der Waals surface area contributed by atoms with Crippen LogP contribution in [0.5, 0.6) is 0 Å². The lowest BCUT2D eigenvalue weighted by Gasteiger charge is -2.13. The molecule has 0 spiro atoms. The average molecular weight is 227 g/mol. The van der Waals surface area contributed by atoms with E-state index in [0.717, 1.165) is 12.8 Å². The van der Waals surface area contributed by atoms with Crippen molar-refractivity contribution in [2.75, 3.05) is 5.88 Å². The molecular formula is C10H11ClN2O2. The van der Waals surface area contributed by atoms with Gasteiger partial charge in [-0.1, -0.05) is 6.07 Å². The molecule has 1 fully saturated rings. The van der Waals surface area contributed by atoms with E-state index >= 15 is 0 Å². The third kappa shape index (κ3) is 2.21. The van der Waals surface area contributed by atoms with Crippen LogP contribution in [0.2, 0.25) is 0 Å². The van der Waals surface area contributed by atoms with Gasteiger partial charge in [-0.15, -0.1) is 11.6 Å². The molecule has 0 unspecified atom stereocenters. The Morgan fingerprint density at radius 3 is 2.80 bits per heavy atom. The number of aromatic nitrogens is 1. The maximum Gasteiger partial charge on any atom is 0.268 e. The lowest BCUT2D eigenvalue weighted by Crippen LogP contribution is -2.39. The Kier molecular flexibility index (Phi) is 2.52. The lowest BCUT2D eigenvalue weighted by molar-refractivity contribution is 0.0930. The van der Waals surface area contributed by atoms with E-state index in [4.69, 9.17) is 11.6 Å². The second-order valence-corrected chi connectivity index (χ2v) is 4.06. The van der Waals surface area contributed by atoms with Crippen LogP contribution < -0.4 is 10.9 Å². The maximum atomic E-state index is 11.7. The first-order valence-corrected chi connectivity index (χ1v) is 5.26. The fourth-order valence-electron chi connectivity index (χ4n) is 1.33. The quantitative estimate of drug-likeness (QED) is 0.752. The zero-order valence-corrected chi connectivity index (χ0v) is 8.80. The van der Waals surface area contributed by atoms with Gasteiger partial charge in [0, 0.05) is 11.9 Å². The molecule has 2 N–H and O–H groups in total. The van der Waals surface area contributed by atoms with Crippen LogP contribution in [0.4, 0.5) is 0 Å². The van der Waals surface area contributed by atoms with Crippen molar-refractivity contribution in [2.24, 2.45) is 0 Å². The summed E-state index contributed by atoms with van der Waals surface area (Å²) >= 11 is 5.73. The monoisotopic (exact) mass is 226 g/mol. The van der Waals surface area contributed by atoms with Crippen molar-refractivity contribution in [1.29, 1.82) is 0 Å². The first kappa shape index (κ1) is 10.2. The molecule has 2 rings (SSSR count). The van der Waals surface area contributed by atoms with E-state index in [1.807, 2.05) is 0 Å². The predicted octanol–water partition coefficient (Wildman–Crippen LogP) is 0.876. The fraction of sp³-hybridized carbons (Fsp3) is 0.400. The van der Waals surface area contributed by atoms with Gasteiger partial charge < -0.3 is 10.3 Å². The lowest BCUT2D eigenvalue weighted by atomic mass is 10.2. The fourth-order valence-corrected chi connectivity index (χ4v) is 1.67. The Labute approximate surface area is 91.6 Å². The number of alkyl halides is 1. The standard InChI is InChI=1S/C10H11ClN2O2/c11-6-10(4-5-10)13-9(15)7-2-1-3-8(14)12-7/h1-3H,4-6H2,(H,12,14)(H,13,15). The van der Waals surface area contributed by atoms with E-state index in [0.29, 0.717) is 5.88 Å². The highest BCUT2D eigenvalue weighted by molar-refractivity contribution is 6.19. The van der Waals surface area contributed by atoms with E-state index in [2.05, 4.69) is 10.3 Å². The SMILES string of the molecule is O=C(NC1(CCl)CC1)c1cccc(=O)[nH]1. The number of carbonyl (C=O) groups is 1. The van der Waals surface area contributed by atoms with Gasteiger partial charge >= 0.3 is 0 Å². The Bertz CT molecular complexity index is 437. The van der Waals surface area contributed by atoms with Crippen LogP contribution >= 0.6 is 11.6 Å². The largest absolute Gasteiger partial charge is 0.344 e. The molecule has 1 aliphatic rings. The summed E-state index contributed by atoms with van der Waals surface area (Å²) in [6, 6.07) is 4.49. The molecule has 1 amide bonds. The van der Waals surface area contributed by atoms with Gasteiger partial charge in [0.1, 0.15) is 5.69 Å². The number of H-pyrrole nitrogens is 1. The molecule has 0 atom stereocenters. The van der Waals surface area contributed by atoms with E-state index in [9.17, 15) is 9.59 Å². The van der Waals surface area contributed by atoms with Crippen LogP contribution in [0.25, 0.3) is 0 Å². The van der Waals surface area contributed by atoms with Crippen LogP contribution in [0, 0.1) is 0 Å². The van der Waals surface area contributed by atoms with Gasteiger partial charge in [-0.2, -0.15) is 0 Å². The summed E-state index contributed by atoms with van der Waals surface area (Å²) in [5.74, 6) is 0.140. The van der Waals surface area contributed by atoms with Crippen molar-refractivity contribution in [3.05, 3.63) is 34.2 Å². The summed E-state index contributed by atoms with van der Waals surface area (Å²) in [5, 5.41) is 2.82.